The van der Waals surface area contributed by atoms with Gasteiger partial charge >= 0.3 is 0 Å². The largest absolute Gasteiger partial charge is 0.382 e. The molecule has 0 spiro atoms. The highest BCUT2D eigenvalue weighted by molar-refractivity contribution is 5.70. The summed E-state index contributed by atoms with van der Waals surface area (Å²) >= 11 is 0. The lowest BCUT2D eigenvalue weighted by Crippen LogP contribution is -1.97. The molecule has 0 aliphatic rings. The van der Waals surface area contributed by atoms with Crippen LogP contribution < -0.4 is 11.5 Å². The van der Waals surface area contributed by atoms with Crippen molar-refractivity contribution in [2.24, 2.45) is 17.3 Å². The Morgan fingerprint density at radius 2 is 1.82 bits per heavy atom. The maximum atomic E-state index is 12.7. The summed E-state index contributed by atoms with van der Waals surface area (Å²) in [5, 5.41) is 11.7. The Morgan fingerprint density at radius 3 is 2.35 bits per heavy atom. The van der Waals surface area contributed by atoms with Crippen molar-refractivity contribution in [1.82, 2.24) is 9.78 Å². The van der Waals surface area contributed by atoms with Gasteiger partial charge in [0.15, 0.2) is 17.3 Å². The second-order valence-electron chi connectivity index (χ2n) is 3.42. The van der Waals surface area contributed by atoms with Crippen LogP contribution in [0.1, 0.15) is 0 Å². The highest BCUT2D eigenvalue weighted by atomic mass is 19.1. The summed E-state index contributed by atoms with van der Waals surface area (Å²) in [7, 11) is 1.66. The molecule has 4 N–H and O–H groups in total. The quantitative estimate of drug-likeness (QED) is 0.779. The van der Waals surface area contributed by atoms with Crippen LogP contribution in [-0.2, 0) is 7.05 Å². The molecule has 0 atom stereocenters. The van der Waals surface area contributed by atoms with Gasteiger partial charge in [0.1, 0.15) is 5.82 Å². The molecular formula is C10H11FN6. The first-order valence-electron chi connectivity index (χ1n) is 4.83. The second-order valence-corrected chi connectivity index (χ2v) is 3.42. The summed E-state index contributed by atoms with van der Waals surface area (Å²) in [5.41, 5.74) is 12.1. The second kappa shape index (κ2) is 4.20. The summed E-state index contributed by atoms with van der Waals surface area (Å²) in [6.45, 7) is 0. The first kappa shape index (κ1) is 11.1. The summed E-state index contributed by atoms with van der Waals surface area (Å²) in [6, 6.07) is 5.60. The molecule has 0 unspecified atom stereocenters. The van der Waals surface area contributed by atoms with E-state index in [-0.39, 0.29) is 11.6 Å². The predicted octanol–water partition coefficient (Wildman–Crippen LogP) is 2.14. The Bertz CT molecular complexity index is 557. The van der Waals surface area contributed by atoms with E-state index in [2.05, 4.69) is 15.3 Å². The van der Waals surface area contributed by atoms with Gasteiger partial charge in [-0.15, -0.1) is 5.11 Å². The lowest BCUT2D eigenvalue weighted by Gasteiger charge is -1.94. The van der Waals surface area contributed by atoms with Crippen molar-refractivity contribution in [3.63, 3.8) is 0 Å². The van der Waals surface area contributed by atoms with Crippen LogP contribution in [0.5, 0.6) is 0 Å². The fraction of sp³-hybridized carbons (Fsp3) is 0.100. The molecule has 6 nitrogen and oxygen atoms in total. The third-order valence-electron chi connectivity index (χ3n) is 2.18. The molecule has 1 heterocycles. The molecular weight excluding hydrogens is 223 g/mol. The number of anilines is 2. The molecule has 2 rings (SSSR count). The number of nitrogens with zero attached hydrogens (tertiary/aromatic N) is 4. The summed E-state index contributed by atoms with van der Waals surface area (Å²) in [4.78, 5) is 0. The Hall–Kier alpha value is -2.44. The lowest BCUT2D eigenvalue weighted by atomic mass is 10.3. The molecule has 17 heavy (non-hydrogen) atoms. The van der Waals surface area contributed by atoms with Gasteiger partial charge < -0.3 is 11.5 Å². The molecule has 0 saturated carbocycles. The molecule has 1 aromatic carbocycles. The summed E-state index contributed by atoms with van der Waals surface area (Å²) in [5.74, 6) is 0.202. The van der Waals surface area contributed by atoms with Crippen molar-refractivity contribution in [2.45, 2.75) is 0 Å². The van der Waals surface area contributed by atoms with Crippen molar-refractivity contribution in [3.05, 3.63) is 30.1 Å². The fourth-order valence-corrected chi connectivity index (χ4v) is 1.27. The number of benzene rings is 1. The number of azo groups is 1. The van der Waals surface area contributed by atoms with Crippen molar-refractivity contribution >= 4 is 23.0 Å². The highest BCUT2D eigenvalue weighted by Gasteiger charge is 2.09. The maximum Gasteiger partial charge on any atom is 0.175 e. The molecule has 0 saturated heterocycles. The average molecular weight is 234 g/mol. The van der Waals surface area contributed by atoms with E-state index < -0.39 is 0 Å². The smallest absolute Gasteiger partial charge is 0.175 e. The summed E-state index contributed by atoms with van der Waals surface area (Å²) in [6.07, 6.45) is 0. The van der Waals surface area contributed by atoms with Gasteiger partial charge in [0.2, 0.25) is 0 Å². The molecule has 0 aliphatic carbocycles. The maximum absolute atomic E-state index is 12.7. The Morgan fingerprint density at radius 1 is 1.18 bits per heavy atom. The number of nitrogen functional groups attached to an aromatic ring is 2. The van der Waals surface area contributed by atoms with E-state index in [0.29, 0.717) is 17.2 Å². The third-order valence-corrected chi connectivity index (χ3v) is 2.18. The van der Waals surface area contributed by atoms with Crippen molar-refractivity contribution in [2.75, 3.05) is 11.5 Å². The van der Waals surface area contributed by atoms with E-state index in [4.69, 9.17) is 11.5 Å². The Balaban J connectivity index is 2.29. The average Bonchev–Trinajstić information content (AvgIpc) is 2.54. The molecule has 0 aliphatic heterocycles. The minimum atomic E-state index is -0.329. The predicted molar refractivity (Wildman–Crippen MR) is 62.6 cm³/mol. The van der Waals surface area contributed by atoms with Gasteiger partial charge in [-0.05, 0) is 24.3 Å². The van der Waals surface area contributed by atoms with Crippen molar-refractivity contribution in [1.29, 1.82) is 0 Å². The van der Waals surface area contributed by atoms with E-state index in [1.165, 1.54) is 28.9 Å². The van der Waals surface area contributed by atoms with Gasteiger partial charge in [-0.3, -0.25) is 0 Å². The van der Waals surface area contributed by atoms with Gasteiger partial charge in [-0.2, -0.15) is 10.2 Å². The monoisotopic (exact) mass is 234 g/mol. The van der Waals surface area contributed by atoms with Gasteiger partial charge in [-0.25, -0.2) is 9.07 Å². The lowest BCUT2D eigenvalue weighted by molar-refractivity contribution is 0.628. The first-order valence-corrected chi connectivity index (χ1v) is 4.83. The Labute approximate surface area is 96.8 Å². The fourth-order valence-electron chi connectivity index (χ4n) is 1.27. The number of nitrogens with two attached hydrogens (primary N) is 2. The number of hydrogen-bond acceptors (Lipinski definition) is 5. The van der Waals surface area contributed by atoms with Crippen LogP contribution in [0, 0.1) is 5.82 Å². The molecule has 7 heteroatoms. The highest BCUT2D eigenvalue weighted by Crippen LogP contribution is 2.29. The Kier molecular flexibility index (Phi) is 2.73. The zero-order valence-corrected chi connectivity index (χ0v) is 9.13. The third kappa shape index (κ3) is 2.22. The number of aromatic nitrogens is 2. The SMILES string of the molecule is Cn1nc(N)c(N=Nc2ccc(F)cc2)c1N. The molecule has 1 aromatic heterocycles. The van der Waals surface area contributed by atoms with Gasteiger partial charge in [-0.1, -0.05) is 0 Å². The molecule has 88 valence electrons. The van der Waals surface area contributed by atoms with E-state index in [1.807, 2.05) is 0 Å². The minimum Gasteiger partial charge on any atom is -0.382 e. The van der Waals surface area contributed by atoms with Gasteiger partial charge in [0.05, 0.1) is 5.69 Å². The van der Waals surface area contributed by atoms with Crippen LogP contribution >= 0.6 is 0 Å². The van der Waals surface area contributed by atoms with Gasteiger partial charge in [0, 0.05) is 7.05 Å². The molecule has 0 bridgehead atoms. The standard InChI is InChI=1S/C10H11FN6/c1-17-10(13)8(9(12)16-17)15-14-7-4-2-6(11)3-5-7/h2-5H,13H2,1H3,(H2,12,16). The number of aryl methyl sites for hydroxylation is 1. The van der Waals surface area contributed by atoms with Crippen LogP contribution in [0.25, 0.3) is 0 Å². The molecule has 0 radical (unpaired) electrons. The van der Waals surface area contributed by atoms with Crippen LogP contribution in [0.3, 0.4) is 0 Å². The normalized spacial score (nSPS) is 11.2. The van der Waals surface area contributed by atoms with E-state index in [9.17, 15) is 4.39 Å². The van der Waals surface area contributed by atoms with Crippen LogP contribution in [0.15, 0.2) is 34.5 Å². The molecule has 0 amide bonds. The zero-order chi connectivity index (χ0) is 12.4. The first-order chi connectivity index (χ1) is 8.08. The van der Waals surface area contributed by atoms with Crippen LogP contribution in [0.4, 0.5) is 27.4 Å². The topological polar surface area (TPSA) is 94.6 Å². The van der Waals surface area contributed by atoms with E-state index >= 15 is 0 Å². The summed E-state index contributed by atoms with van der Waals surface area (Å²) < 4.78 is 14.1. The molecule has 2 aromatic rings. The zero-order valence-electron chi connectivity index (χ0n) is 9.13. The van der Waals surface area contributed by atoms with Gasteiger partial charge in [0.25, 0.3) is 0 Å². The minimum absolute atomic E-state index is 0.205. The van der Waals surface area contributed by atoms with E-state index in [1.54, 1.807) is 7.05 Å². The van der Waals surface area contributed by atoms with E-state index in [0.717, 1.165) is 0 Å². The van der Waals surface area contributed by atoms with Crippen LogP contribution in [0.2, 0.25) is 0 Å². The number of rotatable bonds is 2. The van der Waals surface area contributed by atoms with Crippen molar-refractivity contribution in [3.8, 4) is 0 Å². The number of hydrogen-bond donors (Lipinski definition) is 2. The molecule has 0 fully saturated rings. The number of halogens is 1. The van der Waals surface area contributed by atoms with Crippen molar-refractivity contribution < 1.29 is 4.39 Å². The van der Waals surface area contributed by atoms with Crippen LogP contribution in [-0.4, -0.2) is 9.78 Å².